The lowest BCUT2D eigenvalue weighted by molar-refractivity contribution is -0.151. The molecule has 0 aromatic rings. The van der Waals surface area contributed by atoms with Gasteiger partial charge in [-0.1, -0.05) is 0 Å². The summed E-state index contributed by atoms with van der Waals surface area (Å²) in [4.78, 5) is 24.1. The van der Waals surface area contributed by atoms with Crippen LogP contribution in [0, 0.1) is 0 Å². The lowest BCUT2D eigenvalue weighted by Crippen LogP contribution is -2.40. The Morgan fingerprint density at radius 2 is 1.75 bits per heavy atom. The van der Waals surface area contributed by atoms with Crippen molar-refractivity contribution in [2.45, 2.75) is 51.2 Å². The third-order valence-electron chi connectivity index (χ3n) is 2.67. The van der Waals surface area contributed by atoms with Crippen LogP contribution in [-0.2, 0) is 9.59 Å². The molecule has 2 amide bonds. The van der Waals surface area contributed by atoms with E-state index in [1.807, 2.05) is 0 Å². The second-order valence-corrected chi connectivity index (χ2v) is 4.47. The highest BCUT2D eigenvalue weighted by molar-refractivity contribution is 5.97. The van der Waals surface area contributed by atoms with Crippen molar-refractivity contribution in [3.8, 4) is 0 Å². The Labute approximate surface area is 95.1 Å². The molecule has 1 aliphatic rings. The Morgan fingerprint density at radius 3 is 2.25 bits per heavy atom. The number of imide groups is 1. The van der Waals surface area contributed by atoms with Crippen LogP contribution in [0.15, 0.2) is 0 Å². The van der Waals surface area contributed by atoms with Crippen molar-refractivity contribution in [2.24, 2.45) is 0 Å². The molecular formula is C11H19NO4. The summed E-state index contributed by atoms with van der Waals surface area (Å²) < 4.78 is 0. The maximum absolute atomic E-state index is 11.4. The second kappa shape index (κ2) is 5.41. The van der Waals surface area contributed by atoms with Gasteiger partial charge in [-0.25, -0.2) is 0 Å². The monoisotopic (exact) mass is 229 g/mol. The Hall–Kier alpha value is -0.940. The van der Waals surface area contributed by atoms with Gasteiger partial charge in [0, 0.05) is 25.8 Å². The number of hydrogen-bond acceptors (Lipinski definition) is 4. The van der Waals surface area contributed by atoms with Gasteiger partial charge in [0.25, 0.3) is 0 Å². The van der Waals surface area contributed by atoms with Gasteiger partial charge in [-0.3, -0.25) is 14.5 Å². The highest BCUT2D eigenvalue weighted by Crippen LogP contribution is 2.15. The first-order valence-corrected chi connectivity index (χ1v) is 5.68. The summed E-state index contributed by atoms with van der Waals surface area (Å²) in [6.45, 7) is 1.72. The first kappa shape index (κ1) is 13.1. The molecule has 0 bridgehead atoms. The molecule has 5 nitrogen and oxygen atoms in total. The number of aliphatic hydroxyl groups is 2. The van der Waals surface area contributed by atoms with E-state index in [1.165, 1.54) is 11.8 Å². The van der Waals surface area contributed by atoms with Gasteiger partial charge in [-0.05, 0) is 26.2 Å². The number of unbranched alkanes of at least 4 members (excludes halogenated alkanes) is 1. The third-order valence-corrected chi connectivity index (χ3v) is 2.67. The van der Waals surface area contributed by atoms with E-state index >= 15 is 0 Å². The standard InChI is InChI=1S/C11H19NO4/c1-11(15,16)7-2-3-8-12-9(13)5-4-6-10(12)14/h15-16H,2-8H2,1H3. The molecule has 1 fully saturated rings. The van der Waals surface area contributed by atoms with E-state index in [0.717, 1.165) is 0 Å². The minimum atomic E-state index is -1.66. The van der Waals surface area contributed by atoms with Gasteiger partial charge >= 0.3 is 0 Å². The van der Waals surface area contributed by atoms with Crippen LogP contribution in [0.5, 0.6) is 0 Å². The van der Waals surface area contributed by atoms with Gasteiger partial charge in [0.15, 0.2) is 5.79 Å². The van der Waals surface area contributed by atoms with Crippen molar-refractivity contribution in [2.75, 3.05) is 6.54 Å². The van der Waals surface area contributed by atoms with E-state index in [0.29, 0.717) is 38.6 Å². The molecule has 1 heterocycles. The van der Waals surface area contributed by atoms with Crippen LogP contribution in [0.3, 0.4) is 0 Å². The molecule has 1 rings (SSSR count). The van der Waals surface area contributed by atoms with Gasteiger partial charge in [0.05, 0.1) is 0 Å². The lowest BCUT2D eigenvalue weighted by Gasteiger charge is -2.25. The van der Waals surface area contributed by atoms with Gasteiger partial charge in [0.2, 0.25) is 11.8 Å². The Balaban J connectivity index is 2.26. The molecule has 5 heteroatoms. The zero-order chi connectivity index (χ0) is 12.2. The molecule has 0 saturated carbocycles. The van der Waals surface area contributed by atoms with E-state index in [4.69, 9.17) is 10.2 Å². The SMILES string of the molecule is CC(O)(O)CCCCN1C(=O)CCCC1=O. The van der Waals surface area contributed by atoms with E-state index in [9.17, 15) is 9.59 Å². The molecule has 0 atom stereocenters. The third kappa shape index (κ3) is 4.28. The fraction of sp³-hybridized carbons (Fsp3) is 0.818. The number of rotatable bonds is 5. The smallest absolute Gasteiger partial charge is 0.229 e. The predicted molar refractivity (Wildman–Crippen MR) is 57.3 cm³/mol. The summed E-state index contributed by atoms with van der Waals surface area (Å²) in [5.41, 5.74) is 0. The first-order chi connectivity index (χ1) is 7.40. The van der Waals surface area contributed by atoms with Gasteiger partial charge in [-0.15, -0.1) is 0 Å². The fourth-order valence-electron chi connectivity index (χ4n) is 1.78. The number of amides is 2. The zero-order valence-corrected chi connectivity index (χ0v) is 9.61. The number of carbonyl (C=O) groups excluding carboxylic acids is 2. The van der Waals surface area contributed by atoms with E-state index < -0.39 is 5.79 Å². The second-order valence-electron chi connectivity index (χ2n) is 4.47. The number of hydrogen-bond donors (Lipinski definition) is 2. The lowest BCUT2D eigenvalue weighted by atomic mass is 10.1. The summed E-state index contributed by atoms with van der Waals surface area (Å²) in [7, 11) is 0. The fourth-order valence-corrected chi connectivity index (χ4v) is 1.78. The molecule has 0 spiro atoms. The average molecular weight is 229 g/mol. The molecule has 0 aromatic carbocycles. The minimum Gasteiger partial charge on any atom is -0.366 e. The number of piperidine rings is 1. The highest BCUT2D eigenvalue weighted by atomic mass is 16.5. The van der Waals surface area contributed by atoms with Crippen LogP contribution in [0.25, 0.3) is 0 Å². The summed E-state index contributed by atoms with van der Waals surface area (Å²) in [6, 6.07) is 0. The molecule has 2 N–H and O–H groups in total. The first-order valence-electron chi connectivity index (χ1n) is 5.68. The van der Waals surface area contributed by atoms with Crippen LogP contribution in [-0.4, -0.2) is 39.3 Å². The largest absolute Gasteiger partial charge is 0.366 e. The summed E-state index contributed by atoms with van der Waals surface area (Å²) in [6.07, 6.45) is 3.00. The number of likely N-dealkylation sites (tertiary alicyclic amines) is 1. The van der Waals surface area contributed by atoms with E-state index in [1.54, 1.807) is 0 Å². The molecule has 0 unspecified atom stereocenters. The van der Waals surface area contributed by atoms with Crippen LogP contribution in [0.1, 0.15) is 45.4 Å². The molecule has 1 aliphatic heterocycles. The van der Waals surface area contributed by atoms with Crippen LogP contribution < -0.4 is 0 Å². The van der Waals surface area contributed by atoms with Crippen molar-refractivity contribution in [3.05, 3.63) is 0 Å². The van der Waals surface area contributed by atoms with E-state index in [-0.39, 0.29) is 18.2 Å². The molecule has 16 heavy (non-hydrogen) atoms. The Bertz CT molecular complexity index is 254. The van der Waals surface area contributed by atoms with Crippen LogP contribution in [0.4, 0.5) is 0 Å². The van der Waals surface area contributed by atoms with Crippen LogP contribution in [0.2, 0.25) is 0 Å². The topological polar surface area (TPSA) is 77.8 Å². The maximum Gasteiger partial charge on any atom is 0.229 e. The predicted octanol–water partition coefficient (Wildman–Crippen LogP) is 0.397. The summed E-state index contributed by atoms with van der Waals surface area (Å²) in [5, 5.41) is 18.1. The molecule has 0 aromatic heterocycles. The Morgan fingerprint density at radius 1 is 1.19 bits per heavy atom. The highest BCUT2D eigenvalue weighted by Gasteiger charge is 2.25. The molecule has 1 saturated heterocycles. The van der Waals surface area contributed by atoms with E-state index in [2.05, 4.69) is 0 Å². The van der Waals surface area contributed by atoms with Crippen molar-refractivity contribution < 1.29 is 19.8 Å². The molecular weight excluding hydrogens is 210 g/mol. The van der Waals surface area contributed by atoms with Crippen molar-refractivity contribution >= 4 is 11.8 Å². The Kier molecular flexibility index (Phi) is 4.44. The van der Waals surface area contributed by atoms with Crippen LogP contribution >= 0.6 is 0 Å². The molecule has 92 valence electrons. The summed E-state index contributed by atoms with van der Waals surface area (Å²) >= 11 is 0. The quantitative estimate of drug-likeness (QED) is 0.406. The number of nitrogens with zero attached hydrogens (tertiary/aromatic N) is 1. The summed E-state index contributed by atoms with van der Waals surface area (Å²) in [5.74, 6) is -1.87. The normalized spacial score (nSPS) is 18.1. The average Bonchev–Trinajstić information content (AvgIpc) is 2.14. The van der Waals surface area contributed by atoms with Gasteiger partial charge < -0.3 is 10.2 Å². The van der Waals surface area contributed by atoms with Gasteiger partial charge in [0.1, 0.15) is 0 Å². The van der Waals surface area contributed by atoms with Crippen molar-refractivity contribution in [3.63, 3.8) is 0 Å². The van der Waals surface area contributed by atoms with Crippen molar-refractivity contribution in [1.82, 2.24) is 4.90 Å². The molecule has 0 radical (unpaired) electrons. The maximum atomic E-state index is 11.4. The zero-order valence-electron chi connectivity index (χ0n) is 9.61. The van der Waals surface area contributed by atoms with Crippen molar-refractivity contribution in [1.29, 1.82) is 0 Å². The molecule has 0 aliphatic carbocycles. The van der Waals surface area contributed by atoms with Gasteiger partial charge in [-0.2, -0.15) is 0 Å². The minimum absolute atomic E-state index is 0.105. The number of carbonyl (C=O) groups is 2.